The van der Waals surface area contributed by atoms with Gasteiger partial charge in [0.05, 0.1) is 0 Å². The number of nitrogens with zero attached hydrogens (tertiary/aromatic N) is 1. The first-order valence-corrected chi connectivity index (χ1v) is 10.9. The largest absolute Gasteiger partial charge is 0.326 e. The van der Waals surface area contributed by atoms with E-state index < -0.39 is 12.1 Å². The van der Waals surface area contributed by atoms with Gasteiger partial charge in [0, 0.05) is 35.1 Å². The minimum atomic E-state index is -0.680. The van der Waals surface area contributed by atoms with E-state index in [9.17, 15) is 14.4 Å². The second kappa shape index (κ2) is 10.8. The number of amides is 4. The van der Waals surface area contributed by atoms with Gasteiger partial charge in [-0.05, 0) is 67.8 Å². The molecule has 0 aliphatic carbocycles. The van der Waals surface area contributed by atoms with E-state index in [1.165, 1.54) is 0 Å². The molecule has 7 nitrogen and oxygen atoms in total. The first kappa shape index (κ1) is 22.6. The summed E-state index contributed by atoms with van der Waals surface area (Å²) in [4.78, 5) is 38.9. The van der Waals surface area contributed by atoms with Crippen molar-refractivity contribution in [3.63, 3.8) is 0 Å². The van der Waals surface area contributed by atoms with Crippen LogP contribution in [0.5, 0.6) is 0 Å². The number of urea groups is 1. The molecule has 3 N–H and O–H groups in total. The molecule has 0 radical (unpaired) electrons. The number of piperidine rings is 1. The van der Waals surface area contributed by atoms with Gasteiger partial charge in [-0.25, -0.2) is 4.79 Å². The molecule has 3 rings (SSSR count). The van der Waals surface area contributed by atoms with Crippen LogP contribution in [0.3, 0.4) is 0 Å². The summed E-state index contributed by atoms with van der Waals surface area (Å²) in [6.07, 6.45) is 3.73. The number of hydrogen-bond acceptors (Lipinski definition) is 3. The van der Waals surface area contributed by atoms with Crippen molar-refractivity contribution < 1.29 is 14.4 Å². The fourth-order valence-corrected chi connectivity index (χ4v) is 3.58. The lowest BCUT2D eigenvalue weighted by molar-refractivity contribution is -0.119. The predicted molar refractivity (Wildman–Crippen MR) is 124 cm³/mol. The van der Waals surface area contributed by atoms with Gasteiger partial charge >= 0.3 is 6.03 Å². The van der Waals surface area contributed by atoms with Gasteiger partial charge in [-0.2, -0.15) is 0 Å². The number of hydrogen-bond donors (Lipinski definition) is 3. The molecule has 1 fully saturated rings. The van der Waals surface area contributed by atoms with E-state index in [-0.39, 0.29) is 11.8 Å². The molecular weight excluding hydrogens is 416 g/mol. The monoisotopic (exact) mass is 442 g/mol. The van der Waals surface area contributed by atoms with Gasteiger partial charge in [0.2, 0.25) is 11.8 Å². The third-order valence-corrected chi connectivity index (χ3v) is 5.32. The molecule has 1 atom stereocenters. The Morgan fingerprint density at radius 1 is 1.00 bits per heavy atom. The maximum absolute atomic E-state index is 12.7. The molecular formula is C23H27ClN4O3. The molecule has 0 saturated carbocycles. The number of rotatable bonds is 7. The summed E-state index contributed by atoms with van der Waals surface area (Å²) in [5.74, 6) is -0.170. The van der Waals surface area contributed by atoms with Gasteiger partial charge in [-0.1, -0.05) is 24.9 Å². The Hall–Kier alpha value is -3.06. The lowest BCUT2D eigenvalue weighted by Gasteiger charge is -2.27. The Morgan fingerprint density at radius 2 is 1.65 bits per heavy atom. The Bertz CT molecular complexity index is 915. The molecule has 0 aromatic heterocycles. The van der Waals surface area contributed by atoms with Crippen molar-refractivity contribution in [2.24, 2.45) is 0 Å². The fraction of sp³-hybridized carbons (Fsp3) is 0.348. The van der Waals surface area contributed by atoms with Crippen molar-refractivity contribution >= 4 is 46.5 Å². The Balaban J connectivity index is 1.58. The molecule has 8 heteroatoms. The summed E-state index contributed by atoms with van der Waals surface area (Å²) in [5, 5.41) is 8.84. The van der Waals surface area contributed by atoms with Crippen LogP contribution in [0, 0.1) is 0 Å². The Labute approximate surface area is 187 Å². The molecule has 0 spiro atoms. The number of benzene rings is 2. The first-order valence-electron chi connectivity index (χ1n) is 10.5. The van der Waals surface area contributed by atoms with E-state index in [0.717, 1.165) is 31.5 Å². The van der Waals surface area contributed by atoms with Crippen molar-refractivity contribution in [3.8, 4) is 0 Å². The lowest BCUT2D eigenvalue weighted by atomic mass is 10.1. The number of carbonyl (C=O) groups excluding carboxylic acids is 3. The van der Waals surface area contributed by atoms with Crippen molar-refractivity contribution in [1.82, 2.24) is 5.32 Å². The lowest BCUT2D eigenvalue weighted by Crippen LogP contribution is -2.45. The highest BCUT2D eigenvalue weighted by atomic mass is 35.5. The van der Waals surface area contributed by atoms with E-state index in [0.29, 0.717) is 29.2 Å². The summed E-state index contributed by atoms with van der Waals surface area (Å²) in [6.45, 7) is 2.67. The van der Waals surface area contributed by atoms with E-state index in [4.69, 9.17) is 11.6 Å². The molecule has 2 aromatic carbocycles. The quantitative estimate of drug-likeness (QED) is 0.576. The number of halogens is 1. The first-order chi connectivity index (χ1) is 15.0. The highest BCUT2D eigenvalue weighted by Crippen LogP contribution is 2.23. The van der Waals surface area contributed by atoms with Gasteiger partial charge in [0.15, 0.2) is 0 Å². The van der Waals surface area contributed by atoms with Crippen molar-refractivity contribution in [2.75, 3.05) is 22.1 Å². The normalized spacial score (nSPS) is 14.6. The average molecular weight is 443 g/mol. The van der Waals surface area contributed by atoms with Crippen LogP contribution in [0.25, 0.3) is 0 Å². The second-order valence-electron chi connectivity index (χ2n) is 7.49. The zero-order chi connectivity index (χ0) is 22.2. The number of carbonyl (C=O) groups is 3. The molecule has 4 amide bonds. The zero-order valence-electron chi connectivity index (χ0n) is 17.5. The van der Waals surface area contributed by atoms with E-state index in [2.05, 4.69) is 16.0 Å². The van der Waals surface area contributed by atoms with Gasteiger partial charge in [-0.15, -0.1) is 0 Å². The van der Waals surface area contributed by atoms with E-state index >= 15 is 0 Å². The minimum absolute atomic E-state index is 0.127. The standard InChI is InChI=1S/C23H27ClN4O3/c1-2-5-20(27-23(31)26-18-9-7-16(24)8-10-18)22(30)25-17-11-13-19(14-12-17)28-15-4-3-6-21(28)29/h7-14,20H,2-6,15H2,1H3,(H,25,30)(H2,26,27,31). The van der Waals surface area contributed by atoms with Crippen LogP contribution < -0.4 is 20.9 Å². The molecule has 1 saturated heterocycles. The van der Waals surface area contributed by atoms with Gasteiger partial charge in [-0.3, -0.25) is 9.59 Å². The van der Waals surface area contributed by atoms with Crippen LogP contribution in [0.2, 0.25) is 5.02 Å². The van der Waals surface area contributed by atoms with Crippen LogP contribution in [0.1, 0.15) is 39.0 Å². The maximum Gasteiger partial charge on any atom is 0.319 e. The van der Waals surface area contributed by atoms with Gasteiger partial charge in [0.25, 0.3) is 0 Å². The summed E-state index contributed by atoms with van der Waals surface area (Å²) in [7, 11) is 0. The fourth-order valence-electron chi connectivity index (χ4n) is 3.45. The van der Waals surface area contributed by atoms with Crippen LogP contribution in [-0.4, -0.2) is 30.4 Å². The molecule has 31 heavy (non-hydrogen) atoms. The van der Waals surface area contributed by atoms with Gasteiger partial charge < -0.3 is 20.9 Å². The van der Waals surface area contributed by atoms with Crippen LogP contribution in [0.4, 0.5) is 21.9 Å². The summed E-state index contributed by atoms with van der Waals surface area (Å²) < 4.78 is 0. The summed E-state index contributed by atoms with van der Waals surface area (Å²) in [5.41, 5.74) is 2.02. The predicted octanol–water partition coefficient (Wildman–Crippen LogP) is 4.79. The number of nitrogens with one attached hydrogen (secondary N) is 3. The van der Waals surface area contributed by atoms with Gasteiger partial charge in [0.1, 0.15) is 6.04 Å². The van der Waals surface area contributed by atoms with Crippen LogP contribution in [-0.2, 0) is 9.59 Å². The second-order valence-corrected chi connectivity index (χ2v) is 7.92. The Kier molecular flexibility index (Phi) is 7.89. The SMILES string of the molecule is CCCC(NC(=O)Nc1ccc(Cl)cc1)C(=O)Nc1ccc(N2CCCCC2=O)cc1. The third kappa shape index (κ3) is 6.46. The topological polar surface area (TPSA) is 90.5 Å². The molecule has 1 aliphatic rings. The Morgan fingerprint density at radius 3 is 2.29 bits per heavy atom. The van der Waals surface area contributed by atoms with Crippen molar-refractivity contribution in [3.05, 3.63) is 53.6 Å². The molecule has 1 aliphatic heterocycles. The maximum atomic E-state index is 12.7. The minimum Gasteiger partial charge on any atom is -0.326 e. The molecule has 1 heterocycles. The molecule has 2 aromatic rings. The third-order valence-electron chi connectivity index (χ3n) is 5.07. The summed E-state index contributed by atoms with van der Waals surface area (Å²) in [6, 6.07) is 12.8. The zero-order valence-corrected chi connectivity index (χ0v) is 18.2. The van der Waals surface area contributed by atoms with Crippen LogP contribution >= 0.6 is 11.6 Å². The average Bonchev–Trinajstić information content (AvgIpc) is 2.76. The molecule has 1 unspecified atom stereocenters. The smallest absolute Gasteiger partial charge is 0.319 e. The summed E-state index contributed by atoms with van der Waals surface area (Å²) >= 11 is 5.85. The van der Waals surface area contributed by atoms with Crippen molar-refractivity contribution in [1.29, 1.82) is 0 Å². The van der Waals surface area contributed by atoms with E-state index in [1.54, 1.807) is 41.3 Å². The molecule has 0 bridgehead atoms. The highest BCUT2D eigenvalue weighted by molar-refractivity contribution is 6.30. The van der Waals surface area contributed by atoms with Crippen molar-refractivity contribution in [2.45, 2.75) is 45.1 Å². The highest BCUT2D eigenvalue weighted by Gasteiger charge is 2.21. The van der Waals surface area contributed by atoms with Crippen LogP contribution in [0.15, 0.2) is 48.5 Å². The molecule has 164 valence electrons. The number of anilines is 3. The van der Waals surface area contributed by atoms with E-state index in [1.807, 2.05) is 19.1 Å².